The average Bonchev–Trinajstić information content (AvgIpc) is 2.48. The monoisotopic (exact) mass is 285 g/mol. The molecule has 1 unspecified atom stereocenters. The summed E-state index contributed by atoms with van der Waals surface area (Å²) in [6.07, 6.45) is 0.586. The summed E-state index contributed by atoms with van der Waals surface area (Å²) in [7, 11) is 0. The first kappa shape index (κ1) is 14.6. The smallest absolute Gasteiger partial charge is 0.326 e. The largest absolute Gasteiger partial charge is 0.480 e. The maximum Gasteiger partial charge on any atom is 0.326 e. The lowest BCUT2D eigenvalue weighted by molar-refractivity contribution is -0.140. The van der Waals surface area contributed by atoms with Crippen LogP contribution in [0.15, 0.2) is 54.6 Å². The van der Waals surface area contributed by atoms with Gasteiger partial charge in [0.1, 0.15) is 17.5 Å². The number of aliphatic carboxylic acids is 1. The highest BCUT2D eigenvalue weighted by molar-refractivity contribution is 5.76. The number of nitrogens with one attached hydrogen (secondary N) is 1. The lowest BCUT2D eigenvalue weighted by atomic mass is 10.1. The van der Waals surface area contributed by atoms with Crippen LogP contribution in [0.3, 0.4) is 0 Å². The van der Waals surface area contributed by atoms with E-state index in [0.29, 0.717) is 17.9 Å². The third-order valence-corrected chi connectivity index (χ3v) is 2.88. The Morgan fingerprint density at radius 1 is 1.14 bits per heavy atom. The number of carbonyl (C=O) groups excluding carboxylic acids is 1. The molecule has 0 spiro atoms. The van der Waals surface area contributed by atoms with Gasteiger partial charge in [0.2, 0.25) is 6.41 Å². The molecule has 2 aromatic rings. The second kappa shape index (κ2) is 7.09. The number of carboxylic acids is 1. The molecule has 0 saturated carbocycles. The molecular formula is C16H15NO4. The zero-order valence-electron chi connectivity index (χ0n) is 11.2. The lowest BCUT2D eigenvalue weighted by Crippen LogP contribution is -2.37. The van der Waals surface area contributed by atoms with Crippen molar-refractivity contribution in [2.24, 2.45) is 0 Å². The van der Waals surface area contributed by atoms with Crippen LogP contribution >= 0.6 is 0 Å². The van der Waals surface area contributed by atoms with Crippen LogP contribution in [0.5, 0.6) is 11.5 Å². The van der Waals surface area contributed by atoms with Gasteiger partial charge in [0.15, 0.2) is 0 Å². The van der Waals surface area contributed by atoms with E-state index in [0.717, 1.165) is 5.56 Å². The fraction of sp³-hybridized carbons (Fsp3) is 0.125. The number of carbonyl (C=O) groups is 2. The van der Waals surface area contributed by atoms with E-state index in [1.807, 2.05) is 30.3 Å². The van der Waals surface area contributed by atoms with E-state index in [1.54, 1.807) is 24.3 Å². The van der Waals surface area contributed by atoms with Gasteiger partial charge in [-0.05, 0) is 29.8 Å². The summed E-state index contributed by atoms with van der Waals surface area (Å²) in [6, 6.07) is 15.5. The number of rotatable bonds is 7. The van der Waals surface area contributed by atoms with Crippen molar-refractivity contribution < 1.29 is 19.4 Å². The highest BCUT2D eigenvalue weighted by Crippen LogP contribution is 2.22. The zero-order valence-corrected chi connectivity index (χ0v) is 11.2. The molecule has 21 heavy (non-hydrogen) atoms. The molecule has 1 amide bonds. The molecule has 0 saturated heterocycles. The highest BCUT2D eigenvalue weighted by atomic mass is 16.5. The molecule has 0 aromatic heterocycles. The summed E-state index contributed by atoms with van der Waals surface area (Å²) in [5.41, 5.74) is 0.769. The van der Waals surface area contributed by atoms with Gasteiger partial charge in [-0.1, -0.05) is 30.3 Å². The van der Waals surface area contributed by atoms with Crippen LogP contribution in [0.1, 0.15) is 5.56 Å². The molecule has 0 aliphatic heterocycles. The van der Waals surface area contributed by atoms with Gasteiger partial charge in [-0.25, -0.2) is 4.79 Å². The summed E-state index contributed by atoms with van der Waals surface area (Å²) < 4.78 is 5.68. The average molecular weight is 285 g/mol. The van der Waals surface area contributed by atoms with Crippen LogP contribution in [0.25, 0.3) is 0 Å². The quantitative estimate of drug-likeness (QED) is 0.765. The summed E-state index contributed by atoms with van der Waals surface area (Å²) in [5.74, 6) is 0.251. The van der Waals surface area contributed by atoms with Crippen molar-refractivity contribution in [3.8, 4) is 11.5 Å². The van der Waals surface area contributed by atoms with Crippen LogP contribution < -0.4 is 10.1 Å². The van der Waals surface area contributed by atoms with E-state index in [9.17, 15) is 9.59 Å². The van der Waals surface area contributed by atoms with Gasteiger partial charge < -0.3 is 15.2 Å². The predicted octanol–water partition coefficient (Wildman–Crippen LogP) is 2.22. The van der Waals surface area contributed by atoms with Crippen molar-refractivity contribution in [2.45, 2.75) is 12.5 Å². The zero-order chi connectivity index (χ0) is 15.1. The summed E-state index contributed by atoms with van der Waals surface area (Å²) in [5, 5.41) is 11.3. The molecule has 0 bridgehead atoms. The summed E-state index contributed by atoms with van der Waals surface area (Å²) in [6.45, 7) is 0. The van der Waals surface area contributed by atoms with E-state index in [-0.39, 0.29) is 6.42 Å². The molecule has 2 aromatic carbocycles. The van der Waals surface area contributed by atoms with E-state index in [4.69, 9.17) is 9.84 Å². The molecule has 2 rings (SSSR count). The number of carboxylic acid groups (broad SMARTS) is 1. The SMILES string of the molecule is O=CNC(Cc1cccc(Oc2ccccc2)c1)C(=O)O. The maximum absolute atomic E-state index is 11.0. The Hall–Kier alpha value is -2.82. The van der Waals surface area contributed by atoms with Gasteiger partial charge in [-0.2, -0.15) is 0 Å². The number of benzene rings is 2. The third kappa shape index (κ3) is 4.35. The molecule has 108 valence electrons. The topological polar surface area (TPSA) is 75.6 Å². The number of hydrogen-bond acceptors (Lipinski definition) is 3. The van der Waals surface area contributed by atoms with Crippen LogP contribution in [-0.4, -0.2) is 23.5 Å². The molecule has 0 radical (unpaired) electrons. The molecule has 0 aliphatic carbocycles. The molecule has 5 nitrogen and oxygen atoms in total. The van der Waals surface area contributed by atoms with E-state index in [2.05, 4.69) is 5.32 Å². The Bertz CT molecular complexity index is 613. The van der Waals surface area contributed by atoms with Crippen LogP contribution in [0, 0.1) is 0 Å². The number of hydrogen-bond donors (Lipinski definition) is 2. The molecular weight excluding hydrogens is 270 g/mol. The molecule has 0 heterocycles. The summed E-state index contributed by atoms with van der Waals surface area (Å²) >= 11 is 0. The lowest BCUT2D eigenvalue weighted by Gasteiger charge is -2.12. The first-order valence-electron chi connectivity index (χ1n) is 6.43. The first-order chi connectivity index (χ1) is 10.2. The fourth-order valence-corrected chi connectivity index (χ4v) is 1.90. The Labute approximate surface area is 122 Å². The van der Waals surface area contributed by atoms with Gasteiger partial charge in [0, 0.05) is 6.42 Å². The van der Waals surface area contributed by atoms with Crippen molar-refractivity contribution in [1.82, 2.24) is 5.32 Å². The fourth-order valence-electron chi connectivity index (χ4n) is 1.90. The van der Waals surface area contributed by atoms with Gasteiger partial charge in [0.05, 0.1) is 0 Å². The van der Waals surface area contributed by atoms with Crippen molar-refractivity contribution in [2.75, 3.05) is 0 Å². The molecule has 0 fully saturated rings. The second-order valence-corrected chi connectivity index (χ2v) is 4.44. The van der Waals surface area contributed by atoms with E-state index >= 15 is 0 Å². The standard InChI is InChI=1S/C16H15NO4/c18-11-17-15(16(19)20)10-12-5-4-8-14(9-12)21-13-6-2-1-3-7-13/h1-9,11,15H,10H2,(H,17,18)(H,19,20). The Morgan fingerprint density at radius 2 is 1.86 bits per heavy atom. The molecule has 5 heteroatoms. The molecule has 2 N–H and O–H groups in total. The van der Waals surface area contributed by atoms with Gasteiger partial charge in [-0.3, -0.25) is 4.79 Å². The minimum Gasteiger partial charge on any atom is -0.480 e. The van der Waals surface area contributed by atoms with E-state index < -0.39 is 12.0 Å². The van der Waals surface area contributed by atoms with Crippen molar-refractivity contribution in [3.63, 3.8) is 0 Å². The minimum absolute atomic E-state index is 0.195. The van der Waals surface area contributed by atoms with Gasteiger partial charge in [0.25, 0.3) is 0 Å². The number of amides is 1. The van der Waals surface area contributed by atoms with Crippen LogP contribution in [-0.2, 0) is 16.0 Å². The molecule has 1 atom stereocenters. The first-order valence-corrected chi connectivity index (χ1v) is 6.43. The minimum atomic E-state index is -1.07. The predicted molar refractivity (Wildman–Crippen MR) is 77.3 cm³/mol. The maximum atomic E-state index is 11.0. The summed E-state index contributed by atoms with van der Waals surface area (Å²) in [4.78, 5) is 21.4. The van der Waals surface area contributed by atoms with E-state index in [1.165, 1.54) is 0 Å². The van der Waals surface area contributed by atoms with Crippen LogP contribution in [0.4, 0.5) is 0 Å². The van der Waals surface area contributed by atoms with Gasteiger partial charge in [-0.15, -0.1) is 0 Å². The van der Waals surface area contributed by atoms with Crippen molar-refractivity contribution in [3.05, 3.63) is 60.2 Å². The Morgan fingerprint density at radius 3 is 2.52 bits per heavy atom. The van der Waals surface area contributed by atoms with Crippen LogP contribution in [0.2, 0.25) is 0 Å². The highest BCUT2D eigenvalue weighted by Gasteiger charge is 2.16. The van der Waals surface area contributed by atoms with Crippen molar-refractivity contribution in [1.29, 1.82) is 0 Å². The Kier molecular flexibility index (Phi) is 4.93. The van der Waals surface area contributed by atoms with Crippen molar-refractivity contribution >= 4 is 12.4 Å². The normalized spacial score (nSPS) is 11.4. The molecule has 0 aliphatic rings. The van der Waals surface area contributed by atoms with Gasteiger partial charge >= 0.3 is 5.97 Å². The Balaban J connectivity index is 2.10. The second-order valence-electron chi connectivity index (χ2n) is 4.44. The third-order valence-electron chi connectivity index (χ3n) is 2.88. The number of para-hydroxylation sites is 1. The number of ether oxygens (including phenoxy) is 1.